The molecule has 0 radical (unpaired) electrons. The molecule has 1 saturated heterocycles. The lowest BCUT2D eigenvalue weighted by Gasteiger charge is -2.72. The number of carbonyl (C=O) groups is 2. The molecule has 0 unspecified atom stereocenters. The van der Waals surface area contributed by atoms with Gasteiger partial charge in [-0.15, -0.1) is 0 Å². The highest BCUT2D eigenvalue weighted by Gasteiger charge is 2.72. The Hall–Kier alpha value is -2.82. The molecule has 0 aromatic heterocycles. The summed E-state index contributed by atoms with van der Waals surface area (Å²) < 4.78 is 11.5. The highest BCUT2D eigenvalue weighted by atomic mass is 16.7. The number of ether oxygens (including phenoxy) is 2. The summed E-state index contributed by atoms with van der Waals surface area (Å²) in [5.41, 5.74) is -3.47. The monoisotopic (exact) mass is 802 g/mol. The van der Waals surface area contributed by atoms with E-state index in [0.29, 0.717) is 44.9 Å². The Kier molecular flexibility index (Phi) is 10.3. The second kappa shape index (κ2) is 13.9. The van der Waals surface area contributed by atoms with Gasteiger partial charge in [0.1, 0.15) is 24.4 Å². The minimum Gasteiger partial charge on any atom is -0.504 e. The van der Waals surface area contributed by atoms with Crippen LogP contribution in [0, 0.1) is 50.2 Å². The maximum atomic E-state index is 14.6. The summed E-state index contributed by atoms with van der Waals surface area (Å²) in [5, 5.41) is 107. The second-order valence-corrected chi connectivity index (χ2v) is 20.1. The van der Waals surface area contributed by atoms with Crippen LogP contribution < -0.4 is 0 Å². The molecule has 57 heavy (non-hydrogen) atoms. The van der Waals surface area contributed by atoms with E-state index in [0.717, 1.165) is 17.7 Å². The van der Waals surface area contributed by atoms with Crippen LogP contribution in [0.2, 0.25) is 0 Å². The van der Waals surface area contributed by atoms with E-state index in [2.05, 4.69) is 26.8 Å². The standard InChI is InChI=1S/C43H62O14/c1-38(2)11-13-43(37(55)57-36-33(52)32(51)31(50)26(19-44)56-36)14-12-41(5)21(29(43)35(38)54)7-8-28-39(3)18-25(48)34(53)40(4,27(39)9-10-42(28,41)6)17-24(47)20-15-22(45)30(49)23(46)16-20/h7,15-16,25-29,31-36,44-46,48-54H,8-14,17-19H2,1-6H3/t25-,26-,27-,28-,29-,31-,32+,33-,34+,35+,36+,39+,40+,41-,42-,43+/m1/s1. The second-order valence-electron chi connectivity index (χ2n) is 20.1. The van der Waals surface area contributed by atoms with E-state index >= 15 is 0 Å². The average Bonchev–Trinajstić information content (AvgIpc) is 3.14. The number of aliphatic hydroxyl groups is 7. The molecule has 5 aliphatic carbocycles. The summed E-state index contributed by atoms with van der Waals surface area (Å²) in [5.74, 6) is -4.10. The van der Waals surface area contributed by atoms with E-state index in [1.165, 1.54) is 0 Å². The van der Waals surface area contributed by atoms with Crippen molar-refractivity contribution < 1.29 is 70.1 Å². The molecule has 1 aliphatic heterocycles. The zero-order valence-electron chi connectivity index (χ0n) is 33.8. The van der Waals surface area contributed by atoms with Gasteiger partial charge in [0.05, 0.1) is 30.3 Å². The Labute approximate surface area is 333 Å². The third-order valence-electron chi connectivity index (χ3n) is 17.0. The number of phenolic OH excluding ortho intramolecular Hbond substituents is 3. The van der Waals surface area contributed by atoms with Gasteiger partial charge in [0.15, 0.2) is 23.0 Å². The van der Waals surface area contributed by atoms with Gasteiger partial charge in [-0.25, -0.2) is 0 Å². The minimum atomic E-state index is -1.77. The van der Waals surface area contributed by atoms with Crippen LogP contribution in [-0.2, 0) is 14.3 Å². The topological polar surface area (TPSA) is 255 Å². The molecule has 16 atom stereocenters. The van der Waals surface area contributed by atoms with Crippen molar-refractivity contribution in [2.24, 2.45) is 50.2 Å². The number of fused-ring (bicyclic) bond motifs is 7. The smallest absolute Gasteiger partial charge is 0.315 e. The molecule has 5 fully saturated rings. The van der Waals surface area contributed by atoms with Gasteiger partial charge < -0.3 is 60.5 Å². The predicted octanol–water partition coefficient (Wildman–Crippen LogP) is 2.80. The number of aromatic hydroxyl groups is 3. The molecule has 10 N–H and O–H groups in total. The molecule has 4 saturated carbocycles. The van der Waals surface area contributed by atoms with Gasteiger partial charge in [-0.05, 0) is 97.0 Å². The molecule has 0 amide bonds. The van der Waals surface area contributed by atoms with E-state index in [1.54, 1.807) is 0 Å². The van der Waals surface area contributed by atoms with Gasteiger partial charge in [-0.1, -0.05) is 53.2 Å². The summed E-state index contributed by atoms with van der Waals surface area (Å²) in [6.45, 7) is 11.7. The molecule has 1 aromatic carbocycles. The number of benzene rings is 1. The van der Waals surface area contributed by atoms with Crippen molar-refractivity contribution in [3.05, 3.63) is 29.3 Å². The summed E-state index contributed by atoms with van der Waals surface area (Å²) in [6.07, 6.45) is -5.47. The first-order valence-corrected chi connectivity index (χ1v) is 20.5. The van der Waals surface area contributed by atoms with Crippen LogP contribution in [0.4, 0.5) is 0 Å². The molecule has 1 aromatic rings. The number of carbonyl (C=O) groups excluding carboxylic acids is 2. The number of hydrogen-bond acceptors (Lipinski definition) is 14. The van der Waals surface area contributed by atoms with Gasteiger partial charge in [0.25, 0.3) is 0 Å². The first-order valence-electron chi connectivity index (χ1n) is 20.5. The van der Waals surface area contributed by atoms with Crippen LogP contribution in [-0.4, -0.2) is 118 Å². The Bertz CT molecular complexity index is 1790. The van der Waals surface area contributed by atoms with Gasteiger partial charge in [-0.3, -0.25) is 9.59 Å². The lowest BCUT2D eigenvalue weighted by Crippen LogP contribution is -2.69. The van der Waals surface area contributed by atoms with Crippen molar-refractivity contribution in [1.29, 1.82) is 0 Å². The van der Waals surface area contributed by atoms with Gasteiger partial charge in [0, 0.05) is 23.3 Å². The van der Waals surface area contributed by atoms with Gasteiger partial charge in [-0.2, -0.15) is 0 Å². The Balaban J connectivity index is 1.24. The van der Waals surface area contributed by atoms with Crippen LogP contribution in [0.3, 0.4) is 0 Å². The fourth-order valence-electron chi connectivity index (χ4n) is 13.4. The van der Waals surface area contributed by atoms with E-state index in [1.807, 2.05) is 20.8 Å². The van der Waals surface area contributed by atoms with Crippen molar-refractivity contribution in [3.8, 4) is 17.2 Å². The normalized spacial score (nSPS) is 47.7. The van der Waals surface area contributed by atoms with Crippen molar-refractivity contribution in [1.82, 2.24) is 0 Å². The van der Waals surface area contributed by atoms with E-state index in [-0.39, 0.29) is 30.2 Å². The Morgan fingerprint density at radius 3 is 2.07 bits per heavy atom. The first kappa shape index (κ1) is 42.3. The SMILES string of the molecule is CC1(C)CC[C@]2(C(=O)O[C@@H]3O[C@H](CO)[C@@H](O)[C@H](O)[C@H]3O)CC[C@]3(C)C(=CC[C@@H]4[C@@]5(C)C[C@@H](O)[C@H](O)[C@@](C)(CC(=O)c6cc(O)c(O)c(O)c6)[C@@H]5CC[C@]43C)[C@@H]2[C@@H]1O. The third kappa shape index (κ3) is 5.94. The molecule has 1 heterocycles. The summed E-state index contributed by atoms with van der Waals surface area (Å²) in [4.78, 5) is 28.4. The van der Waals surface area contributed by atoms with Crippen LogP contribution in [0.25, 0.3) is 0 Å². The van der Waals surface area contributed by atoms with E-state index < -0.39 is 123 Å². The maximum Gasteiger partial charge on any atom is 0.315 e. The van der Waals surface area contributed by atoms with Crippen molar-refractivity contribution >= 4 is 11.8 Å². The zero-order chi connectivity index (χ0) is 42.0. The lowest BCUT2D eigenvalue weighted by atomic mass is 9.33. The minimum absolute atomic E-state index is 0.0267. The molecule has 6 aliphatic rings. The maximum absolute atomic E-state index is 14.6. The number of esters is 1. The summed E-state index contributed by atoms with van der Waals surface area (Å²) in [7, 11) is 0. The Morgan fingerprint density at radius 2 is 1.44 bits per heavy atom. The molecule has 318 valence electrons. The number of allylic oxidation sites excluding steroid dienone is 1. The van der Waals surface area contributed by atoms with Crippen LogP contribution >= 0.6 is 0 Å². The number of ketones is 1. The zero-order valence-corrected chi connectivity index (χ0v) is 33.8. The number of rotatable bonds is 6. The van der Waals surface area contributed by atoms with Crippen LogP contribution in [0.5, 0.6) is 17.2 Å². The molecule has 0 spiro atoms. The molecule has 0 bridgehead atoms. The number of hydrogen-bond donors (Lipinski definition) is 10. The highest BCUT2D eigenvalue weighted by Crippen LogP contribution is 2.76. The molecular weight excluding hydrogens is 740 g/mol. The lowest BCUT2D eigenvalue weighted by molar-refractivity contribution is -0.298. The van der Waals surface area contributed by atoms with E-state index in [4.69, 9.17) is 9.47 Å². The van der Waals surface area contributed by atoms with Crippen LogP contribution in [0.15, 0.2) is 23.8 Å². The van der Waals surface area contributed by atoms with E-state index in [9.17, 15) is 60.7 Å². The molecule has 7 rings (SSSR count). The largest absolute Gasteiger partial charge is 0.504 e. The van der Waals surface area contributed by atoms with Crippen molar-refractivity contribution in [3.63, 3.8) is 0 Å². The number of Topliss-reactive ketones (excluding diaryl/α,β-unsaturated/α-hetero) is 1. The van der Waals surface area contributed by atoms with Crippen molar-refractivity contribution in [2.75, 3.05) is 6.61 Å². The summed E-state index contributed by atoms with van der Waals surface area (Å²) in [6, 6.07) is 2.17. The molecular formula is C43H62O14. The van der Waals surface area contributed by atoms with Crippen molar-refractivity contribution in [2.45, 2.75) is 148 Å². The molecule has 14 heteroatoms. The fraction of sp³-hybridized carbons (Fsp3) is 0.767. The van der Waals surface area contributed by atoms with Gasteiger partial charge >= 0.3 is 5.97 Å². The van der Waals surface area contributed by atoms with Crippen LogP contribution in [0.1, 0.15) is 110 Å². The highest BCUT2D eigenvalue weighted by molar-refractivity contribution is 5.97. The fourth-order valence-corrected chi connectivity index (χ4v) is 13.4. The third-order valence-corrected chi connectivity index (χ3v) is 17.0. The number of aliphatic hydroxyl groups excluding tert-OH is 7. The molecule has 14 nitrogen and oxygen atoms in total. The quantitative estimate of drug-likeness (QED) is 0.0860. The number of phenols is 3. The first-order chi connectivity index (χ1) is 26.4. The summed E-state index contributed by atoms with van der Waals surface area (Å²) >= 11 is 0. The predicted molar refractivity (Wildman–Crippen MR) is 202 cm³/mol. The van der Waals surface area contributed by atoms with Gasteiger partial charge in [0.2, 0.25) is 6.29 Å². The average molecular weight is 803 g/mol. The Morgan fingerprint density at radius 1 is 0.807 bits per heavy atom.